The molecule has 19 heavy (non-hydrogen) atoms. The Hall–Kier alpha value is -1.53. The second kappa shape index (κ2) is 6.58. The maximum absolute atomic E-state index is 5.22. The van der Waals surface area contributed by atoms with Crippen LogP contribution in [0.3, 0.4) is 0 Å². The molecular weight excluding hydrogens is 324 g/mol. The minimum Gasteiger partial charge on any atom is -0.358 e. The van der Waals surface area contributed by atoms with Crippen molar-refractivity contribution < 1.29 is 0 Å². The van der Waals surface area contributed by atoms with Gasteiger partial charge >= 0.3 is 0 Å². The summed E-state index contributed by atoms with van der Waals surface area (Å²) in [4.78, 5) is 8.32. The van der Waals surface area contributed by atoms with Crippen molar-refractivity contribution in [2.24, 2.45) is 0 Å². The van der Waals surface area contributed by atoms with Gasteiger partial charge < -0.3 is 10.6 Å². The van der Waals surface area contributed by atoms with Gasteiger partial charge in [-0.3, -0.25) is 4.98 Å². The number of nitrogens with one attached hydrogen (secondary N) is 2. The lowest BCUT2D eigenvalue weighted by Gasteiger charge is -2.11. The Balaban J connectivity index is 1.91. The number of aromatic nitrogens is 2. The number of hydrogen-bond acceptors (Lipinski definition) is 3. The molecule has 98 valence electrons. The van der Waals surface area contributed by atoms with Crippen molar-refractivity contribution in [2.75, 3.05) is 5.32 Å². The quantitative estimate of drug-likeness (QED) is 0.843. The Morgan fingerprint density at radius 2 is 2.26 bits per heavy atom. The molecule has 2 N–H and O–H groups in total. The molecule has 0 saturated heterocycles. The molecule has 0 aliphatic carbocycles. The van der Waals surface area contributed by atoms with Crippen molar-refractivity contribution in [3.63, 3.8) is 0 Å². The maximum atomic E-state index is 5.22. The van der Waals surface area contributed by atoms with E-state index in [1.54, 1.807) is 18.6 Å². The van der Waals surface area contributed by atoms with E-state index in [0.717, 1.165) is 15.6 Å². The molecule has 0 aliphatic rings. The van der Waals surface area contributed by atoms with Gasteiger partial charge in [0.25, 0.3) is 0 Å². The molecule has 2 aromatic heterocycles. The van der Waals surface area contributed by atoms with E-state index >= 15 is 0 Å². The van der Waals surface area contributed by atoms with E-state index in [9.17, 15) is 0 Å². The van der Waals surface area contributed by atoms with Gasteiger partial charge in [0.1, 0.15) is 5.82 Å². The number of pyridine rings is 2. The van der Waals surface area contributed by atoms with Crippen molar-refractivity contribution in [1.29, 1.82) is 0 Å². The van der Waals surface area contributed by atoms with Gasteiger partial charge in [0.15, 0.2) is 5.11 Å². The van der Waals surface area contributed by atoms with Crippen LogP contribution in [0.25, 0.3) is 0 Å². The molecule has 0 spiro atoms. The number of rotatable bonds is 3. The summed E-state index contributed by atoms with van der Waals surface area (Å²) in [6, 6.07) is 5.87. The highest BCUT2D eigenvalue weighted by molar-refractivity contribution is 9.10. The Labute approximate surface area is 125 Å². The highest BCUT2D eigenvalue weighted by Crippen LogP contribution is 2.20. The van der Waals surface area contributed by atoms with E-state index in [0.29, 0.717) is 17.5 Å². The maximum Gasteiger partial charge on any atom is 0.172 e. The SMILES string of the molecule is Cc1cnc(NC(=S)NCc2cccnc2)c(Br)c1. The van der Waals surface area contributed by atoms with Crippen molar-refractivity contribution in [2.45, 2.75) is 13.5 Å². The fourth-order valence-corrected chi connectivity index (χ4v) is 2.19. The van der Waals surface area contributed by atoms with Crippen molar-refractivity contribution in [3.8, 4) is 0 Å². The minimum atomic E-state index is 0.529. The highest BCUT2D eigenvalue weighted by Gasteiger charge is 2.04. The standard InChI is InChI=1S/C13H13BrN4S/c1-9-5-11(14)12(16-6-9)18-13(19)17-8-10-3-2-4-15-7-10/h2-7H,8H2,1H3,(H2,16,17,18,19). The molecule has 4 nitrogen and oxygen atoms in total. The number of aryl methyl sites for hydroxylation is 1. The van der Waals surface area contributed by atoms with Crippen molar-refractivity contribution in [3.05, 3.63) is 52.4 Å². The minimum absolute atomic E-state index is 0.529. The van der Waals surface area contributed by atoms with Gasteiger partial charge in [0.2, 0.25) is 0 Å². The largest absolute Gasteiger partial charge is 0.358 e. The Morgan fingerprint density at radius 1 is 1.42 bits per heavy atom. The Morgan fingerprint density at radius 3 is 2.95 bits per heavy atom. The molecule has 0 radical (unpaired) electrons. The van der Waals surface area contributed by atoms with E-state index in [1.165, 1.54) is 0 Å². The van der Waals surface area contributed by atoms with Crippen LogP contribution < -0.4 is 10.6 Å². The van der Waals surface area contributed by atoms with Crippen LogP contribution in [0, 0.1) is 6.92 Å². The van der Waals surface area contributed by atoms with E-state index in [-0.39, 0.29) is 0 Å². The summed E-state index contributed by atoms with van der Waals surface area (Å²) < 4.78 is 0.887. The average Bonchev–Trinajstić information content (AvgIpc) is 2.41. The van der Waals surface area contributed by atoms with E-state index in [1.807, 2.05) is 25.1 Å². The molecule has 0 aromatic carbocycles. The number of nitrogens with zero attached hydrogens (tertiary/aromatic N) is 2. The van der Waals surface area contributed by atoms with Crippen LogP contribution >= 0.6 is 28.1 Å². The molecular formula is C13H13BrN4S. The van der Waals surface area contributed by atoms with Gasteiger partial charge in [0.05, 0.1) is 4.47 Å². The van der Waals surface area contributed by atoms with Gasteiger partial charge in [-0.2, -0.15) is 0 Å². The smallest absolute Gasteiger partial charge is 0.172 e. The fraction of sp³-hybridized carbons (Fsp3) is 0.154. The summed E-state index contributed by atoms with van der Waals surface area (Å²) >= 11 is 8.67. The molecule has 0 fully saturated rings. The lowest BCUT2D eigenvalue weighted by Crippen LogP contribution is -2.28. The van der Waals surface area contributed by atoms with Crippen LogP contribution in [0.5, 0.6) is 0 Å². The lowest BCUT2D eigenvalue weighted by atomic mass is 10.3. The molecule has 0 amide bonds. The van der Waals surface area contributed by atoms with Crippen molar-refractivity contribution in [1.82, 2.24) is 15.3 Å². The fourth-order valence-electron chi connectivity index (χ4n) is 1.46. The Bertz CT molecular complexity index is 574. The topological polar surface area (TPSA) is 49.8 Å². The molecule has 2 rings (SSSR count). The molecule has 6 heteroatoms. The number of thiocarbonyl (C=S) groups is 1. The zero-order valence-corrected chi connectivity index (χ0v) is 12.8. The third kappa shape index (κ3) is 4.25. The molecule has 0 unspecified atom stereocenters. The number of hydrogen-bond donors (Lipinski definition) is 2. The summed E-state index contributed by atoms with van der Waals surface area (Å²) in [6.07, 6.45) is 5.33. The zero-order chi connectivity index (χ0) is 13.7. The second-order valence-electron chi connectivity index (χ2n) is 4.01. The average molecular weight is 337 g/mol. The third-order valence-electron chi connectivity index (χ3n) is 2.39. The molecule has 2 heterocycles. The number of halogens is 1. The van der Waals surface area contributed by atoms with E-state index < -0.39 is 0 Å². The van der Waals surface area contributed by atoms with Gasteiger partial charge in [-0.1, -0.05) is 6.07 Å². The monoisotopic (exact) mass is 336 g/mol. The van der Waals surface area contributed by atoms with Gasteiger partial charge in [-0.15, -0.1) is 0 Å². The van der Waals surface area contributed by atoms with Gasteiger partial charge in [0, 0.05) is 25.1 Å². The van der Waals surface area contributed by atoms with Crippen LogP contribution in [-0.2, 0) is 6.54 Å². The normalized spacial score (nSPS) is 10.0. The van der Waals surface area contributed by atoms with Crippen molar-refractivity contribution >= 4 is 39.1 Å². The summed E-state index contributed by atoms with van der Waals surface area (Å²) in [5, 5.41) is 6.69. The van der Waals surface area contributed by atoms with Gasteiger partial charge in [-0.25, -0.2) is 4.98 Å². The summed E-state index contributed by atoms with van der Waals surface area (Å²) in [5.41, 5.74) is 2.16. The van der Waals surface area contributed by atoms with Crippen LogP contribution in [0.2, 0.25) is 0 Å². The summed E-state index contributed by atoms with van der Waals surface area (Å²) in [6.45, 7) is 2.61. The van der Waals surface area contributed by atoms with Crippen LogP contribution in [-0.4, -0.2) is 15.1 Å². The van der Waals surface area contributed by atoms with Crippen LogP contribution in [0.1, 0.15) is 11.1 Å². The van der Waals surface area contributed by atoms with Gasteiger partial charge in [-0.05, 0) is 58.3 Å². The first-order valence-corrected chi connectivity index (χ1v) is 6.91. The van der Waals surface area contributed by atoms with E-state index in [4.69, 9.17) is 12.2 Å². The van der Waals surface area contributed by atoms with Crippen LogP contribution in [0.15, 0.2) is 41.3 Å². The number of anilines is 1. The first kappa shape index (κ1) is 13.9. The summed E-state index contributed by atoms with van der Waals surface area (Å²) in [5.74, 6) is 0.703. The third-order valence-corrected chi connectivity index (χ3v) is 3.24. The molecule has 0 saturated carbocycles. The summed E-state index contributed by atoms with van der Waals surface area (Å²) in [7, 11) is 0. The van der Waals surface area contributed by atoms with E-state index in [2.05, 4.69) is 36.5 Å². The highest BCUT2D eigenvalue weighted by atomic mass is 79.9. The second-order valence-corrected chi connectivity index (χ2v) is 5.27. The van der Waals surface area contributed by atoms with Crippen LogP contribution in [0.4, 0.5) is 5.82 Å². The molecule has 0 aliphatic heterocycles. The first-order chi connectivity index (χ1) is 9.15. The lowest BCUT2D eigenvalue weighted by molar-refractivity contribution is 0.915. The predicted octanol–water partition coefficient (Wildman–Crippen LogP) is 3.03. The predicted molar refractivity (Wildman–Crippen MR) is 84.0 cm³/mol. The first-order valence-electron chi connectivity index (χ1n) is 5.71. The Kier molecular flexibility index (Phi) is 4.81. The molecule has 0 atom stereocenters. The molecule has 2 aromatic rings. The molecule has 0 bridgehead atoms. The zero-order valence-electron chi connectivity index (χ0n) is 10.4.